The number of alkyl halides is 3. The van der Waals surface area contributed by atoms with Gasteiger partial charge in [0, 0.05) is 42.8 Å². The number of carbonyl (C=O) groups excluding carboxylic acids is 1. The van der Waals surface area contributed by atoms with Crippen molar-refractivity contribution >= 4 is 39.0 Å². The minimum absolute atomic E-state index is 0.102. The zero-order chi connectivity index (χ0) is 32.6. The summed E-state index contributed by atoms with van der Waals surface area (Å²) in [7, 11) is 6.96. The van der Waals surface area contributed by atoms with Gasteiger partial charge in [0.1, 0.15) is 11.5 Å². The predicted octanol–water partition coefficient (Wildman–Crippen LogP) is 7.61. The number of pyridine rings is 1. The number of rotatable bonds is 8. The number of nitrogens with zero attached hydrogens (tertiary/aromatic N) is 3. The van der Waals surface area contributed by atoms with E-state index in [1.807, 2.05) is 25.1 Å². The quantitative estimate of drug-likeness (QED) is 0.189. The van der Waals surface area contributed by atoms with Crippen LogP contribution in [0.4, 0.5) is 24.5 Å². The van der Waals surface area contributed by atoms with Crippen molar-refractivity contribution in [2.45, 2.75) is 18.6 Å². The average Bonchev–Trinajstić information content (AvgIpc) is 3.49. The summed E-state index contributed by atoms with van der Waals surface area (Å²) in [6.07, 6.45) is -2.05. The minimum atomic E-state index is -4.56. The lowest BCUT2D eigenvalue weighted by molar-refractivity contribution is -0.137. The van der Waals surface area contributed by atoms with Crippen LogP contribution >= 0.6 is 0 Å². The number of likely N-dealkylation sites (N-methyl/N-ethyl adjacent to an activating group) is 2. The number of fused-ring (bicyclic) bond motifs is 2. The maximum atomic E-state index is 13.7. The monoisotopic (exact) mass is 630 g/mol. The number of likely N-dealkylation sites (tertiary alicyclic amines) is 1. The fraction of sp³-hybridized carbons (Fsp3) is 0.257. The summed E-state index contributed by atoms with van der Waals surface area (Å²) < 4.78 is 58.2. The number of hydrogen-bond donors (Lipinski definition) is 1. The first kappa shape index (κ1) is 31.0. The third kappa shape index (κ3) is 6.10. The molecule has 0 aliphatic carbocycles. The van der Waals surface area contributed by atoms with E-state index in [9.17, 15) is 18.0 Å². The van der Waals surface area contributed by atoms with Crippen molar-refractivity contribution in [2.24, 2.45) is 0 Å². The molecule has 0 spiro atoms. The van der Waals surface area contributed by atoms with E-state index >= 15 is 0 Å². The molecule has 46 heavy (non-hydrogen) atoms. The van der Waals surface area contributed by atoms with Crippen LogP contribution in [0.2, 0.25) is 0 Å². The number of carbonyl (C=O) groups is 1. The molecule has 1 aliphatic rings. The van der Waals surface area contributed by atoms with E-state index in [4.69, 9.17) is 14.2 Å². The third-order valence-corrected chi connectivity index (χ3v) is 8.40. The Hall–Kier alpha value is -5.03. The number of aromatic nitrogens is 1. The van der Waals surface area contributed by atoms with E-state index in [2.05, 4.69) is 15.2 Å². The Morgan fingerprint density at radius 1 is 0.957 bits per heavy atom. The van der Waals surface area contributed by atoms with Gasteiger partial charge in [0.15, 0.2) is 11.5 Å². The molecule has 8 nitrogen and oxygen atoms in total. The van der Waals surface area contributed by atoms with Gasteiger partial charge in [-0.25, -0.2) is 0 Å². The van der Waals surface area contributed by atoms with Crippen LogP contribution in [0, 0.1) is 0 Å². The summed E-state index contributed by atoms with van der Waals surface area (Å²) in [5.41, 5.74) is 0.779. The van der Waals surface area contributed by atoms with Crippen molar-refractivity contribution < 1.29 is 32.2 Å². The summed E-state index contributed by atoms with van der Waals surface area (Å²) in [6, 6.07) is 19.4. The van der Waals surface area contributed by atoms with E-state index in [-0.39, 0.29) is 11.7 Å². The molecule has 1 fully saturated rings. The van der Waals surface area contributed by atoms with Gasteiger partial charge in [0.05, 0.1) is 36.7 Å². The molecule has 1 aliphatic heterocycles. The van der Waals surface area contributed by atoms with Gasteiger partial charge < -0.3 is 29.3 Å². The Morgan fingerprint density at radius 2 is 1.74 bits per heavy atom. The van der Waals surface area contributed by atoms with Crippen LogP contribution in [0.5, 0.6) is 23.0 Å². The highest BCUT2D eigenvalue weighted by Gasteiger charge is 2.33. The second-order valence-electron chi connectivity index (χ2n) is 11.3. The van der Waals surface area contributed by atoms with Crippen molar-refractivity contribution in [1.29, 1.82) is 0 Å². The van der Waals surface area contributed by atoms with Gasteiger partial charge in [0.25, 0.3) is 5.91 Å². The van der Waals surface area contributed by atoms with Gasteiger partial charge in [-0.2, -0.15) is 13.2 Å². The van der Waals surface area contributed by atoms with Crippen molar-refractivity contribution in [3.63, 3.8) is 0 Å². The zero-order valence-corrected chi connectivity index (χ0v) is 25.8. The fourth-order valence-corrected chi connectivity index (χ4v) is 5.92. The van der Waals surface area contributed by atoms with Crippen LogP contribution in [0.1, 0.15) is 22.3 Å². The van der Waals surface area contributed by atoms with E-state index in [0.717, 1.165) is 42.4 Å². The first-order valence-corrected chi connectivity index (χ1v) is 14.7. The van der Waals surface area contributed by atoms with Gasteiger partial charge in [-0.1, -0.05) is 12.1 Å². The SMILES string of the molecule is COc1cc2nccc(Oc3ccc4c(C(=O)Nc5cc(C(F)(F)F)ccc5N(C)[C@@H]5CCN(C)C5)cccc4c3)c2cc1OC. The fourth-order valence-electron chi connectivity index (χ4n) is 5.92. The molecular weight excluding hydrogens is 597 g/mol. The molecule has 1 N–H and O–H groups in total. The molecule has 6 rings (SSSR count). The van der Waals surface area contributed by atoms with Crippen LogP contribution in [-0.4, -0.2) is 63.2 Å². The third-order valence-electron chi connectivity index (χ3n) is 8.40. The van der Waals surface area contributed by atoms with Gasteiger partial charge in [-0.05, 0) is 85.4 Å². The minimum Gasteiger partial charge on any atom is -0.493 e. The van der Waals surface area contributed by atoms with Gasteiger partial charge in [-0.15, -0.1) is 0 Å². The normalized spacial score (nSPS) is 15.2. The second-order valence-corrected chi connectivity index (χ2v) is 11.3. The topological polar surface area (TPSA) is 76.2 Å². The Labute approximate surface area is 264 Å². The molecule has 5 aromatic rings. The van der Waals surface area contributed by atoms with Crippen molar-refractivity contribution in [2.75, 3.05) is 51.6 Å². The maximum Gasteiger partial charge on any atom is 0.416 e. The van der Waals surface area contributed by atoms with Crippen LogP contribution in [0.15, 0.2) is 79.0 Å². The predicted molar refractivity (Wildman–Crippen MR) is 173 cm³/mol. The molecular formula is C35H33F3N4O4. The maximum absolute atomic E-state index is 13.7. The molecule has 1 aromatic heterocycles. The summed E-state index contributed by atoms with van der Waals surface area (Å²) in [5, 5.41) is 4.85. The Bertz CT molecular complexity index is 1930. The summed E-state index contributed by atoms with van der Waals surface area (Å²) >= 11 is 0. The van der Waals surface area contributed by atoms with Crippen LogP contribution < -0.4 is 24.4 Å². The largest absolute Gasteiger partial charge is 0.493 e. The zero-order valence-electron chi connectivity index (χ0n) is 25.8. The molecule has 0 radical (unpaired) electrons. The smallest absolute Gasteiger partial charge is 0.416 e. The standard InChI is InChI=1S/C35H33F3N4O4/c1-41-15-13-23(20-41)42(2)30-11-8-22(35(36,37)38)17-29(30)40-34(43)26-7-5-6-21-16-24(9-10-25(21)26)46-31-12-14-39-28-19-33(45-4)32(44-3)18-27(28)31/h5-12,14,16-19,23H,13,15,20H2,1-4H3,(H,40,43)/t23-/m1/s1. The molecule has 11 heteroatoms. The molecule has 1 saturated heterocycles. The highest BCUT2D eigenvalue weighted by Crippen LogP contribution is 2.39. The Kier molecular flexibility index (Phi) is 8.35. The number of benzene rings is 4. The molecule has 2 heterocycles. The molecule has 0 saturated carbocycles. The molecule has 1 atom stereocenters. The van der Waals surface area contributed by atoms with Gasteiger partial charge in [-0.3, -0.25) is 9.78 Å². The lowest BCUT2D eigenvalue weighted by Gasteiger charge is -2.29. The van der Waals surface area contributed by atoms with E-state index in [0.29, 0.717) is 45.2 Å². The Morgan fingerprint density at radius 3 is 2.46 bits per heavy atom. The second kappa shape index (κ2) is 12.4. The van der Waals surface area contributed by atoms with Crippen molar-refractivity contribution in [1.82, 2.24) is 9.88 Å². The summed E-state index contributed by atoms with van der Waals surface area (Å²) in [6.45, 7) is 1.66. The number of methoxy groups -OCH3 is 2. The van der Waals surface area contributed by atoms with Crippen LogP contribution in [-0.2, 0) is 6.18 Å². The van der Waals surface area contributed by atoms with Gasteiger partial charge in [0.2, 0.25) is 0 Å². The number of ether oxygens (including phenoxy) is 3. The molecule has 4 aromatic carbocycles. The summed E-state index contributed by atoms with van der Waals surface area (Å²) in [4.78, 5) is 22.2. The number of halogens is 3. The lowest BCUT2D eigenvalue weighted by Crippen LogP contribution is -2.34. The van der Waals surface area contributed by atoms with Crippen molar-refractivity contribution in [3.05, 3.63) is 90.1 Å². The molecule has 0 unspecified atom stereocenters. The van der Waals surface area contributed by atoms with Crippen LogP contribution in [0.3, 0.4) is 0 Å². The first-order chi connectivity index (χ1) is 22.0. The lowest BCUT2D eigenvalue weighted by atomic mass is 10.0. The highest BCUT2D eigenvalue weighted by molar-refractivity contribution is 6.14. The van der Waals surface area contributed by atoms with Gasteiger partial charge >= 0.3 is 6.18 Å². The van der Waals surface area contributed by atoms with Crippen LogP contribution in [0.25, 0.3) is 21.7 Å². The van der Waals surface area contributed by atoms with E-state index in [1.54, 1.807) is 68.9 Å². The first-order valence-electron chi connectivity index (χ1n) is 14.7. The highest BCUT2D eigenvalue weighted by atomic mass is 19.4. The molecule has 238 valence electrons. The van der Waals surface area contributed by atoms with E-state index in [1.165, 1.54) is 6.07 Å². The Balaban J connectivity index is 1.31. The average molecular weight is 631 g/mol. The number of nitrogens with one attached hydrogen (secondary N) is 1. The number of amides is 1. The molecule has 0 bridgehead atoms. The molecule has 1 amide bonds. The number of anilines is 2. The van der Waals surface area contributed by atoms with E-state index < -0.39 is 17.6 Å². The summed E-state index contributed by atoms with van der Waals surface area (Å²) in [5.74, 6) is 1.64. The van der Waals surface area contributed by atoms with Crippen molar-refractivity contribution in [3.8, 4) is 23.0 Å². The number of hydrogen-bond acceptors (Lipinski definition) is 7.